The van der Waals surface area contributed by atoms with Crippen LogP contribution in [0.3, 0.4) is 0 Å². The molecule has 0 fully saturated rings. The number of urea groups is 1. The van der Waals surface area contributed by atoms with Crippen molar-refractivity contribution >= 4 is 28.3 Å². The molecule has 0 spiro atoms. The first-order chi connectivity index (χ1) is 12.3. The molecule has 0 aliphatic heterocycles. The van der Waals surface area contributed by atoms with Crippen molar-refractivity contribution in [1.82, 2.24) is 9.97 Å². The highest BCUT2D eigenvalue weighted by Gasteiger charge is 2.08. The van der Waals surface area contributed by atoms with Crippen LogP contribution in [0.1, 0.15) is 0 Å². The van der Waals surface area contributed by atoms with Crippen LogP contribution in [-0.2, 0) is 0 Å². The first-order valence-electron chi connectivity index (χ1n) is 7.70. The lowest BCUT2D eigenvalue weighted by atomic mass is 10.1. The zero-order valence-corrected chi connectivity index (χ0v) is 13.1. The van der Waals surface area contributed by atoms with E-state index < -0.39 is 0 Å². The van der Waals surface area contributed by atoms with Gasteiger partial charge in [-0.25, -0.2) is 9.78 Å². The van der Waals surface area contributed by atoms with Crippen LogP contribution in [0.5, 0.6) is 0 Å². The monoisotopic (exact) mass is 330 g/mol. The number of amides is 2. The van der Waals surface area contributed by atoms with E-state index in [1.165, 1.54) is 6.39 Å². The van der Waals surface area contributed by atoms with Gasteiger partial charge in [0.1, 0.15) is 0 Å². The SMILES string of the molecule is O=C(Nc1cccc(-c2cnco2)c1)Nc1ccnc2ccccc12. The summed E-state index contributed by atoms with van der Waals surface area (Å²) >= 11 is 0. The Bertz CT molecular complexity index is 1020. The molecule has 2 aromatic carbocycles. The van der Waals surface area contributed by atoms with Crippen molar-refractivity contribution in [2.24, 2.45) is 0 Å². The third-order valence-electron chi connectivity index (χ3n) is 3.73. The number of oxazole rings is 1. The number of anilines is 2. The fourth-order valence-electron chi connectivity index (χ4n) is 2.60. The Morgan fingerprint density at radius 2 is 1.92 bits per heavy atom. The summed E-state index contributed by atoms with van der Waals surface area (Å²) in [6.07, 6.45) is 4.67. The molecular formula is C19H14N4O2. The summed E-state index contributed by atoms with van der Waals surface area (Å²) in [5.41, 5.74) is 3.02. The number of nitrogens with zero attached hydrogens (tertiary/aromatic N) is 2. The second kappa shape index (κ2) is 6.45. The van der Waals surface area contributed by atoms with Crippen molar-refractivity contribution in [3.8, 4) is 11.3 Å². The van der Waals surface area contributed by atoms with E-state index in [1.54, 1.807) is 18.5 Å². The van der Waals surface area contributed by atoms with Crippen molar-refractivity contribution in [3.63, 3.8) is 0 Å². The van der Waals surface area contributed by atoms with Crippen LogP contribution < -0.4 is 10.6 Å². The van der Waals surface area contributed by atoms with Gasteiger partial charge in [-0.2, -0.15) is 0 Å². The molecular weight excluding hydrogens is 316 g/mol. The summed E-state index contributed by atoms with van der Waals surface area (Å²) in [5, 5.41) is 6.57. The molecule has 0 radical (unpaired) electrons. The highest BCUT2D eigenvalue weighted by atomic mass is 16.3. The standard InChI is InChI=1S/C19H14N4O2/c24-19(23-17-8-9-21-16-7-2-1-6-15(16)17)22-14-5-3-4-13(10-14)18-11-20-12-25-18/h1-12H,(H2,21,22,23,24). The molecule has 0 unspecified atom stereocenters. The highest BCUT2D eigenvalue weighted by molar-refractivity contribution is 6.05. The van der Waals surface area contributed by atoms with Crippen molar-refractivity contribution < 1.29 is 9.21 Å². The zero-order valence-electron chi connectivity index (χ0n) is 13.1. The molecule has 25 heavy (non-hydrogen) atoms. The Morgan fingerprint density at radius 1 is 1.00 bits per heavy atom. The minimum absolute atomic E-state index is 0.328. The Labute approximate surface area is 143 Å². The van der Waals surface area contributed by atoms with Crippen molar-refractivity contribution in [1.29, 1.82) is 0 Å². The van der Waals surface area contributed by atoms with Crippen LogP contribution in [0.2, 0.25) is 0 Å². The van der Waals surface area contributed by atoms with Crippen LogP contribution in [-0.4, -0.2) is 16.0 Å². The summed E-state index contributed by atoms with van der Waals surface area (Å²) in [6, 6.07) is 16.5. The summed E-state index contributed by atoms with van der Waals surface area (Å²) < 4.78 is 5.28. The van der Waals surface area contributed by atoms with Crippen molar-refractivity contribution in [2.45, 2.75) is 0 Å². The number of hydrogen-bond donors (Lipinski definition) is 2. The number of fused-ring (bicyclic) bond motifs is 1. The third kappa shape index (κ3) is 3.18. The van der Waals surface area contributed by atoms with E-state index in [4.69, 9.17) is 4.42 Å². The lowest BCUT2D eigenvalue weighted by molar-refractivity contribution is 0.262. The molecule has 4 aromatic rings. The lowest BCUT2D eigenvalue weighted by Gasteiger charge is -2.10. The Morgan fingerprint density at radius 3 is 2.80 bits per heavy atom. The number of carbonyl (C=O) groups is 1. The van der Waals surface area contributed by atoms with Crippen LogP contribution in [0.25, 0.3) is 22.2 Å². The minimum atomic E-state index is -0.328. The first kappa shape index (κ1) is 14.9. The molecule has 0 saturated heterocycles. The van der Waals surface area contributed by atoms with Crippen molar-refractivity contribution in [2.75, 3.05) is 10.6 Å². The molecule has 2 aromatic heterocycles. The minimum Gasteiger partial charge on any atom is -0.444 e. The van der Waals surface area contributed by atoms with E-state index in [-0.39, 0.29) is 6.03 Å². The Kier molecular flexibility index (Phi) is 3.84. The molecule has 0 atom stereocenters. The molecule has 2 heterocycles. The van der Waals surface area contributed by atoms with E-state index in [0.717, 1.165) is 16.5 Å². The quantitative estimate of drug-likeness (QED) is 0.578. The number of carbonyl (C=O) groups excluding carboxylic acids is 1. The van der Waals surface area contributed by atoms with Crippen LogP contribution in [0.4, 0.5) is 16.2 Å². The number of hydrogen-bond acceptors (Lipinski definition) is 4. The number of para-hydroxylation sites is 1. The fraction of sp³-hybridized carbons (Fsp3) is 0. The first-order valence-corrected chi connectivity index (χ1v) is 7.70. The van der Waals surface area contributed by atoms with E-state index in [0.29, 0.717) is 17.1 Å². The molecule has 122 valence electrons. The summed E-state index contributed by atoms with van der Waals surface area (Å²) in [7, 11) is 0. The Balaban J connectivity index is 1.53. The van der Waals surface area contributed by atoms with Crippen LogP contribution in [0, 0.1) is 0 Å². The molecule has 6 heteroatoms. The summed E-state index contributed by atoms with van der Waals surface area (Å²) in [5.74, 6) is 0.643. The Hall–Kier alpha value is -3.67. The predicted octanol–water partition coefficient (Wildman–Crippen LogP) is 4.53. The second-order valence-electron chi connectivity index (χ2n) is 5.40. The number of nitrogens with one attached hydrogen (secondary N) is 2. The topological polar surface area (TPSA) is 80.0 Å². The van der Waals surface area contributed by atoms with Crippen LogP contribution >= 0.6 is 0 Å². The number of benzene rings is 2. The van der Waals surface area contributed by atoms with Crippen molar-refractivity contribution in [3.05, 3.63) is 73.4 Å². The normalized spacial score (nSPS) is 10.6. The van der Waals surface area contributed by atoms with Gasteiger partial charge in [0.25, 0.3) is 0 Å². The van der Waals surface area contributed by atoms with Gasteiger partial charge in [-0.1, -0.05) is 30.3 Å². The largest absolute Gasteiger partial charge is 0.444 e. The molecule has 4 rings (SSSR count). The highest BCUT2D eigenvalue weighted by Crippen LogP contribution is 2.23. The maximum Gasteiger partial charge on any atom is 0.323 e. The van der Waals surface area contributed by atoms with Gasteiger partial charge in [-0.3, -0.25) is 4.98 Å². The van der Waals surface area contributed by atoms with Gasteiger partial charge in [0.05, 0.1) is 17.4 Å². The summed E-state index contributed by atoms with van der Waals surface area (Å²) in [6.45, 7) is 0. The van der Waals surface area contributed by atoms with E-state index in [9.17, 15) is 4.79 Å². The van der Waals surface area contributed by atoms with Gasteiger partial charge in [-0.15, -0.1) is 0 Å². The van der Waals surface area contributed by atoms with E-state index >= 15 is 0 Å². The molecule has 0 saturated carbocycles. The van der Waals surface area contributed by atoms with Gasteiger partial charge in [0.15, 0.2) is 12.2 Å². The molecule has 0 aliphatic carbocycles. The molecule has 6 nitrogen and oxygen atoms in total. The zero-order chi connectivity index (χ0) is 17.1. The van der Waals surface area contributed by atoms with E-state index in [1.807, 2.05) is 48.5 Å². The van der Waals surface area contributed by atoms with Gasteiger partial charge >= 0.3 is 6.03 Å². The second-order valence-corrected chi connectivity index (χ2v) is 5.40. The fourth-order valence-corrected chi connectivity index (χ4v) is 2.60. The molecule has 0 aliphatic rings. The van der Waals surface area contributed by atoms with Crippen LogP contribution in [0.15, 0.2) is 77.8 Å². The predicted molar refractivity (Wildman–Crippen MR) is 96.3 cm³/mol. The average Bonchev–Trinajstić information content (AvgIpc) is 3.17. The number of pyridine rings is 1. The van der Waals surface area contributed by atoms with Gasteiger partial charge in [0, 0.05) is 22.8 Å². The third-order valence-corrected chi connectivity index (χ3v) is 3.73. The van der Waals surface area contributed by atoms with Gasteiger partial charge in [-0.05, 0) is 24.3 Å². The van der Waals surface area contributed by atoms with Gasteiger partial charge in [0.2, 0.25) is 0 Å². The average molecular weight is 330 g/mol. The smallest absolute Gasteiger partial charge is 0.323 e. The molecule has 2 N–H and O–H groups in total. The number of rotatable bonds is 3. The van der Waals surface area contributed by atoms with E-state index in [2.05, 4.69) is 20.6 Å². The maximum atomic E-state index is 12.3. The number of aromatic nitrogens is 2. The van der Waals surface area contributed by atoms with Gasteiger partial charge < -0.3 is 15.1 Å². The molecule has 0 bridgehead atoms. The maximum absolute atomic E-state index is 12.3. The lowest BCUT2D eigenvalue weighted by Crippen LogP contribution is -2.19. The molecule has 2 amide bonds. The summed E-state index contributed by atoms with van der Waals surface area (Å²) in [4.78, 5) is 20.5.